The summed E-state index contributed by atoms with van der Waals surface area (Å²) >= 11 is 0. The van der Waals surface area contributed by atoms with E-state index in [0.717, 1.165) is 22.3 Å². The van der Waals surface area contributed by atoms with E-state index in [1.807, 2.05) is 36.7 Å². The third kappa shape index (κ3) is 4.88. The number of hydrogen-bond acceptors (Lipinski definition) is 7. The molecule has 0 aromatic carbocycles. The molecule has 4 rings (SSSR count). The molecule has 2 aromatic rings. The van der Waals surface area contributed by atoms with E-state index in [2.05, 4.69) is 70.7 Å². The second kappa shape index (κ2) is 8.47. The van der Waals surface area contributed by atoms with Crippen LogP contribution in [-0.2, 0) is 31.7 Å². The summed E-state index contributed by atoms with van der Waals surface area (Å²) in [4.78, 5) is 9.14. The highest BCUT2D eigenvalue weighted by molar-refractivity contribution is 6.62. The first kappa shape index (κ1) is 24.4. The van der Waals surface area contributed by atoms with Crippen LogP contribution >= 0.6 is 0 Å². The van der Waals surface area contributed by atoms with E-state index in [9.17, 15) is 0 Å². The van der Waals surface area contributed by atoms with Crippen molar-refractivity contribution in [1.29, 1.82) is 0 Å². The monoisotopic (exact) mass is 451 g/mol. The van der Waals surface area contributed by atoms with E-state index in [1.54, 1.807) is 0 Å². The number of pyridine rings is 2. The van der Waals surface area contributed by atoms with Crippen LogP contribution in [0.1, 0.15) is 66.8 Å². The van der Waals surface area contributed by atoms with Gasteiger partial charge in [-0.05, 0) is 67.5 Å². The summed E-state index contributed by atoms with van der Waals surface area (Å²) in [5, 5.41) is 3.40. The van der Waals surface area contributed by atoms with Gasteiger partial charge in [0.1, 0.15) is 0 Å². The van der Waals surface area contributed by atoms with Crippen molar-refractivity contribution in [3.8, 4) is 0 Å². The third-order valence-corrected chi connectivity index (χ3v) is 7.36. The first-order valence-corrected chi connectivity index (χ1v) is 11.6. The van der Waals surface area contributed by atoms with Crippen LogP contribution in [0.15, 0.2) is 36.7 Å². The lowest BCUT2D eigenvalue weighted by Gasteiger charge is -2.32. The SMILES string of the molecule is CC1(C)OB(c2ccc(CNCc3ccc(B4OC(C)(C)C(C)(C)O4)cn3)nc2)OC1(C)C. The van der Waals surface area contributed by atoms with E-state index in [-0.39, 0.29) is 22.4 Å². The van der Waals surface area contributed by atoms with E-state index in [0.29, 0.717) is 13.1 Å². The minimum absolute atomic E-state index is 0.358. The predicted molar refractivity (Wildman–Crippen MR) is 130 cm³/mol. The van der Waals surface area contributed by atoms with E-state index < -0.39 is 14.2 Å². The van der Waals surface area contributed by atoms with Crippen molar-refractivity contribution in [2.75, 3.05) is 0 Å². The topological polar surface area (TPSA) is 74.7 Å². The Balaban J connectivity index is 1.28. The molecule has 4 heterocycles. The van der Waals surface area contributed by atoms with Crippen molar-refractivity contribution in [2.45, 2.75) is 90.9 Å². The lowest BCUT2D eigenvalue weighted by atomic mass is 9.80. The summed E-state index contributed by atoms with van der Waals surface area (Å²) < 4.78 is 24.4. The molecule has 2 aliphatic rings. The van der Waals surface area contributed by atoms with Crippen molar-refractivity contribution < 1.29 is 18.6 Å². The van der Waals surface area contributed by atoms with Gasteiger partial charge in [0, 0.05) is 36.4 Å². The van der Waals surface area contributed by atoms with Gasteiger partial charge in [-0.15, -0.1) is 0 Å². The number of rotatable bonds is 6. The Kier molecular flexibility index (Phi) is 6.25. The Labute approximate surface area is 198 Å². The molecule has 0 spiro atoms. The quantitative estimate of drug-likeness (QED) is 0.677. The van der Waals surface area contributed by atoms with Gasteiger partial charge >= 0.3 is 14.2 Å². The van der Waals surface area contributed by atoms with Crippen LogP contribution in [-0.4, -0.2) is 46.6 Å². The Morgan fingerprint density at radius 1 is 0.606 bits per heavy atom. The summed E-state index contributed by atoms with van der Waals surface area (Å²) in [6, 6.07) is 8.04. The molecule has 9 heteroatoms. The van der Waals surface area contributed by atoms with Gasteiger partial charge in [-0.1, -0.05) is 12.1 Å². The summed E-state index contributed by atoms with van der Waals surface area (Å²) in [5.74, 6) is 0. The van der Waals surface area contributed by atoms with Crippen molar-refractivity contribution in [2.24, 2.45) is 0 Å². The zero-order valence-electron chi connectivity index (χ0n) is 21.1. The molecule has 0 aliphatic carbocycles. The van der Waals surface area contributed by atoms with Crippen LogP contribution in [0.25, 0.3) is 0 Å². The third-order valence-electron chi connectivity index (χ3n) is 7.36. The molecule has 0 bridgehead atoms. The van der Waals surface area contributed by atoms with Gasteiger partial charge in [-0.2, -0.15) is 0 Å². The van der Waals surface area contributed by atoms with Crippen LogP contribution in [0.3, 0.4) is 0 Å². The van der Waals surface area contributed by atoms with E-state index in [1.165, 1.54) is 0 Å². The molecule has 2 fully saturated rings. The fourth-order valence-corrected chi connectivity index (χ4v) is 3.64. The predicted octanol–water partition coefficient (Wildman–Crippen LogP) is 2.36. The van der Waals surface area contributed by atoms with Crippen LogP contribution < -0.4 is 16.2 Å². The molecule has 2 aromatic heterocycles. The molecular formula is C24H35B2N3O4. The highest BCUT2D eigenvalue weighted by Gasteiger charge is 2.52. The Morgan fingerprint density at radius 2 is 0.939 bits per heavy atom. The largest absolute Gasteiger partial charge is 0.496 e. The molecule has 2 saturated heterocycles. The number of nitrogens with zero attached hydrogens (tertiary/aromatic N) is 2. The van der Waals surface area contributed by atoms with Gasteiger partial charge in [-0.3, -0.25) is 9.97 Å². The average Bonchev–Trinajstić information content (AvgIpc) is 3.08. The molecule has 0 atom stereocenters. The molecular weight excluding hydrogens is 416 g/mol. The molecule has 0 radical (unpaired) electrons. The van der Waals surface area contributed by atoms with Crippen molar-refractivity contribution in [3.63, 3.8) is 0 Å². The molecule has 0 saturated carbocycles. The molecule has 33 heavy (non-hydrogen) atoms. The molecule has 176 valence electrons. The molecule has 1 N–H and O–H groups in total. The number of aromatic nitrogens is 2. The highest BCUT2D eigenvalue weighted by Crippen LogP contribution is 2.37. The van der Waals surface area contributed by atoms with Gasteiger partial charge in [0.15, 0.2) is 0 Å². The normalized spacial score (nSPS) is 22.7. The second-order valence-electron chi connectivity index (χ2n) is 10.9. The van der Waals surface area contributed by atoms with Gasteiger partial charge in [0.25, 0.3) is 0 Å². The first-order valence-electron chi connectivity index (χ1n) is 11.6. The van der Waals surface area contributed by atoms with Crippen molar-refractivity contribution in [1.82, 2.24) is 15.3 Å². The minimum atomic E-state index is -0.392. The first-order chi connectivity index (χ1) is 15.3. The Morgan fingerprint density at radius 3 is 1.21 bits per heavy atom. The maximum Gasteiger partial charge on any atom is 0.496 e. The van der Waals surface area contributed by atoms with Crippen molar-refractivity contribution >= 4 is 25.2 Å². The summed E-state index contributed by atoms with van der Waals surface area (Å²) in [6.07, 6.45) is 3.66. The maximum absolute atomic E-state index is 6.09. The minimum Gasteiger partial charge on any atom is -0.399 e. The van der Waals surface area contributed by atoms with Crippen LogP contribution in [0, 0.1) is 0 Å². The van der Waals surface area contributed by atoms with Crippen molar-refractivity contribution in [3.05, 3.63) is 48.0 Å². The standard InChI is InChI=1S/C24H35B2N3O4/c1-21(2)22(3,4)31-25(30-21)17-9-11-19(28-13-17)15-27-16-20-12-10-18(14-29-20)26-32-23(5,6)24(7,8)33-26/h9-14,27H,15-16H2,1-8H3. The van der Waals surface area contributed by atoms with E-state index >= 15 is 0 Å². The van der Waals surface area contributed by atoms with Crippen LogP contribution in [0.2, 0.25) is 0 Å². The van der Waals surface area contributed by atoms with Crippen LogP contribution in [0.4, 0.5) is 0 Å². The Hall–Kier alpha value is -1.77. The second-order valence-corrected chi connectivity index (χ2v) is 10.9. The summed E-state index contributed by atoms with van der Waals surface area (Å²) in [7, 11) is -0.785. The fraction of sp³-hybridized carbons (Fsp3) is 0.583. The molecule has 2 aliphatic heterocycles. The fourth-order valence-electron chi connectivity index (χ4n) is 3.64. The zero-order chi connectivity index (χ0) is 24.1. The average molecular weight is 451 g/mol. The van der Waals surface area contributed by atoms with Gasteiger partial charge in [-0.25, -0.2) is 0 Å². The van der Waals surface area contributed by atoms with Gasteiger partial charge in [0.05, 0.1) is 33.8 Å². The lowest BCUT2D eigenvalue weighted by molar-refractivity contribution is 0.00578. The summed E-state index contributed by atoms with van der Waals surface area (Å²) in [6.45, 7) is 17.7. The number of hydrogen-bond donors (Lipinski definition) is 1. The smallest absolute Gasteiger partial charge is 0.399 e. The highest BCUT2D eigenvalue weighted by atomic mass is 16.7. The number of nitrogens with one attached hydrogen (secondary N) is 1. The lowest BCUT2D eigenvalue weighted by Crippen LogP contribution is -2.41. The van der Waals surface area contributed by atoms with Gasteiger partial charge < -0.3 is 23.9 Å². The van der Waals surface area contributed by atoms with E-state index in [4.69, 9.17) is 18.6 Å². The molecule has 7 nitrogen and oxygen atoms in total. The summed E-state index contributed by atoms with van der Waals surface area (Å²) in [5.41, 5.74) is 2.32. The van der Waals surface area contributed by atoms with Crippen LogP contribution in [0.5, 0.6) is 0 Å². The van der Waals surface area contributed by atoms with Gasteiger partial charge in [0.2, 0.25) is 0 Å². The maximum atomic E-state index is 6.09. The molecule has 0 unspecified atom stereocenters. The zero-order valence-corrected chi connectivity index (χ0v) is 21.1. The molecule has 0 amide bonds. The Bertz CT molecular complexity index is 867.